The van der Waals surface area contributed by atoms with Crippen molar-refractivity contribution in [2.75, 3.05) is 18.4 Å². The molecule has 2 N–H and O–H groups in total. The molecule has 1 aliphatic rings. The molecular weight excluding hydrogens is 190 g/mol. The Hall–Kier alpha value is -1.42. The van der Waals surface area contributed by atoms with Crippen LogP contribution in [-0.2, 0) is 4.79 Å². The van der Waals surface area contributed by atoms with Gasteiger partial charge in [-0.05, 0) is 31.5 Å². The molecule has 0 bridgehead atoms. The average Bonchev–Trinajstić information content (AvgIpc) is 2.31. The number of amides is 1. The summed E-state index contributed by atoms with van der Waals surface area (Å²) >= 11 is 0. The summed E-state index contributed by atoms with van der Waals surface area (Å²) in [5.74, 6) is 0.189. The van der Waals surface area contributed by atoms with E-state index in [4.69, 9.17) is 0 Å². The number of anilines is 1. The first-order valence-electron chi connectivity index (χ1n) is 5.28. The van der Waals surface area contributed by atoms with Gasteiger partial charge in [0.05, 0.1) is 17.8 Å². The number of nitrogens with zero attached hydrogens (tertiary/aromatic N) is 1. The van der Waals surface area contributed by atoms with E-state index in [0.717, 1.165) is 31.6 Å². The van der Waals surface area contributed by atoms with E-state index in [1.54, 1.807) is 12.4 Å². The molecule has 2 rings (SSSR count). The Balaban J connectivity index is 1.91. The second kappa shape index (κ2) is 4.89. The number of aromatic nitrogens is 1. The Kier molecular flexibility index (Phi) is 3.29. The first kappa shape index (κ1) is 10.1. The van der Waals surface area contributed by atoms with E-state index in [1.807, 2.05) is 12.1 Å². The van der Waals surface area contributed by atoms with Crippen LogP contribution >= 0.6 is 0 Å². The zero-order valence-electron chi connectivity index (χ0n) is 8.57. The molecule has 1 atom stereocenters. The average molecular weight is 205 g/mol. The van der Waals surface area contributed by atoms with Crippen molar-refractivity contribution in [3.63, 3.8) is 0 Å². The van der Waals surface area contributed by atoms with Gasteiger partial charge in [0.15, 0.2) is 0 Å². The number of nitrogens with one attached hydrogen (secondary N) is 2. The molecule has 0 radical (unpaired) electrons. The predicted molar refractivity (Wildman–Crippen MR) is 58.5 cm³/mol. The zero-order valence-corrected chi connectivity index (χ0v) is 8.57. The van der Waals surface area contributed by atoms with Gasteiger partial charge in [0.1, 0.15) is 0 Å². The highest BCUT2D eigenvalue weighted by Crippen LogP contribution is 2.13. The lowest BCUT2D eigenvalue weighted by Crippen LogP contribution is -2.37. The third kappa shape index (κ3) is 2.76. The van der Waals surface area contributed by atoms with E-state index < -0.39 is 0 Å². The molecule has 1 aromatic heterocycles. The fraction of sp³-hybridized carbons (Fsp3) is 0.455. The Bertz CT molecular complexity index is 320. The molecule has 80 valence electrons. The maximum atomic E-state index is 11.8. The van der Waals surface area contributed by atoms with E-state index in [0.29, 0.717) is 0 Å². The van der Waals surface area contributed by atoms with Gasteiger partial charge in [0.2, 0.25) is 5.91 Å². The minimum absolute atomic E-state index is 0.0928. The molecule has 0 spiro atoms. The number of hydrogen-bond donors (Lipinski definition) is 2. The fourth-order valence-corrected chi connectivity index (χ4v) is 1.76. The topological polar surface area (TPSA) is 54.0 Å². The molecule has 1 aromatic rings. The summed E-state index contributed by atoms with van der Waals surface area (Å²) in [5, 5.41) is 6.10. The smallest absolute Gasteiger partial charge is 0.228 e. The minimum atomic E-state index is 0.0928. The van der Waals surface area contributed by atoms with E-state index in [2.05, 4.69) is 15.6 Å². The van der Waals surface area contributed by atoms with Crippen molar-refractivity contribution >= 4 is 11.6 Å². The summed E-state index contributed by atoms with van der Waals surface area (Å²) in [6, 6.07) is 3.66. The summed E-state index contributed by atoms with van der Waals surface area (Å²) in [7, 11) is 0. The lowest BCUT2D eigenvalue weighted by atomic mass is 9.99. The molecule has 0 unspecified atom stereocenters. The number of hydrogen-bond acceptors (Lipinski definition) is 3. The minimum Gasteiger partial charge on any atom is -0.324 e. The third-order valence-corrected chi connectivity index (χ3v) is 2.60. The van der Waals surface area contributed by atoms with Crippen LogP contribution in [0.25, 0.3) is 0 Å². The van der Waals surface area contributed by atoms with Crippen LogP contribution in [0.1, 0.15) is 12.8 Å². The molecule has 1 aliphatic heterocycles. The molecule has 15 heavy (non-hydrogen) atoms. The molecule has 4 nitrogen and oxygen atoms in total. The van der Waals surface area contributed by atoms with Crippen LogP contribution in [0.4, 0.5) is 5.69 Å². The largest absolute Gasteiger partial charge is 0.324 e. The van der Waals surface area contributed by atoms with E-state index in [-0.39, 0.29) is 11.8 Å². The molecule has 4 heteroatoms. The van der Waals surface area contributed by atoms with Crippen LogP contribution in [0.3, 0.4) is 0 Å². The maximum absolute atomic E-state index is 11.8. The van der Waals surface area contributed by atoms with Gasteiger partial charge >= 0.3 is 0 Å². The van der Waals surface area contributed by atoms with E-state index >= 15 is 0 Å². The number of carbonyl (C=O) groups excluding carboxylic acids is 1. The third-order valence-electron chi connectivity index (χ3n) is 2.60. The molecule has 1 fully saturated rings. The van der Waals surface area contributed by atoms with Crippen LogP contribution in [-0.4, -0.2) is 24.0 Å². The summed E-state index contributed by atoms with van der Waals surface area (Å²) in [5.41, 5.74) is 0.771. The van der Waals surface area contributed by atoms with Crippen molar-refractivity contribution in [1.82, 2.24) is 10.3 Å². The summed E-state index contributed by atoms with van der Waals surface area (Å²) in [6.07, 6.45) is 5.40. The molecule has 0 saturated carbocycles. The SMILES string of the molecule is O=C(Nc1cccnc1)[C@H]1CCCNC1. The predicted octanol–water partition coefficient (Wildman–Crippen LogP) is 1.02. The van der Waals surface area contributed by atoms with Crippen molar-refractivity contribution in [2.45, 2.75) is 12.8 Å². The molecular formula is C11H15N3O. The Morgan fingerprint density at radius 3 is 3.20 bits per heavy atom. The van der Waals surface area contributed by atoms with Crippen molar-refractivity contribution in [2.24, 2.45) is 5.92 Å². The lowest BCUT2D eigenvalue weighted by Gasteiger charge is -2.21. The van der Waals surface area contributed by atoms with Gasteiger partial charge in [-0.2, -0.15) is 0 Å². The van der Waals surface area contributed by atoms with Crippen molar-refractivity contribution in [3.05, 3.63) is 24.5 Å². The standard InChI is InChI=1S/C11H15N3O/c15-11(9-3-1-5-12-7-9)14-10-4-2-6-13-8-10/h2,4,6,8-9,12H,1,3,5,7H2,(H,14,15)/t9-/m0/s1. The van der Waals surface area contributed by atoms with Crippen LogP contribution in [0, 0.1) is 5.92 Å². The molecule has 0 aromatic carbocycles. The molecule has 2 heterocycles. The lowest BCUT2D eigenvalue weighted by molar-refractivity contribution is -0.120. The highest BCUT2D eigenvalue weighted by molar-refractivity contribution is 5.92. The monoisotopic (exact) mass is 205 g/mol. The van der Waals surface area contributed by atoms with Crippen LogP contribution in [0.5, 0.6) is 0 Å². The number of piperidine rings is 1. The van der Waals surface area contributed by atoms with Crippen LogP contribution in [0.15, 0.2) is 24.5 Å². The van der Waals surface area contributed by atoms with Crippen molar-refractivity contribution in [1.29, 1.82) is 0 Å². The first-order chi connectivity index (χ1) is 7.36. The summed E-state index contributed by atoms with van der Waals surface area (Å²) in [6.45, 7) is 1.81. The van der Waals surface area contributed by atoms with E-state index in [9.17, 15) is 4.79 Å². The number of pyridine rings is 1. The summed E-state index contributed by atoms with van der Waals surface area (Å²) in [4.78, 5) is 15.7. The van der Waals surface area contributed by atoms with Gasteiger partial charge < -0.3 is 10.6 Å². The maximum Gasteiger partial charge on any atom is 0.228 e. The summed E-state index contributed by atoms with van der Waals surface area (Å²) < 4.78 is 0. The fourth-order valence-electron chi connectivity index (χ4n) is 1.76. The molecule has 1 saturated heterocycles. The van der Waals surface area contributed by atoms with Crippen LogP contribution < -0.4 is 10.6 Å². The zero-order chi connectivity index (χ0) is 10.5. The second-order valence-electron chi connectivity index (χ2n) is 3.77. The molecule has 0 aliphatic carbocycles. The van der Waals surface area contributed by atoms with Crippen molar-refractivity contribution < 1.29 is 4.79 Å². The van der Waals surface area contributed by atoms with E-state index in [1.165, 1.54) is 0 Å². The highest BCUT2D eigenvalue weighted by atomic mass is 16.1. The number of rotatable bonds is 2. The van der Waals surface area contributed by atoms with Crippen molar-refractivity contribution in [3.8, 4) is 0 Å². The number of carbonyl (C=O) groups is 1. The normalized spacial score (nSPS) is 20.9. The van der Waals surface area contributed by atoms with Gasteiger partial charge in [-0.1, -0.05) is 0 Å². The first-order valence-corrected chi connectivity index (χ1v) is 5.28. The van der Waals surface area contributed by atoms with Gasteiger partial charge in [-0.3, -0.25) is 9.78 Å². The van der Waals surface area contributed by atoms with Gasteiger partial charge in [0.25, 0.3) is 0 Å². The highest BCUT2D eigenvalue weighted by Gasteiger charge is 2.20. The Labute approximate surface area is 89.1 Å². The molecule has 1 amide bonds. The van der Waals surface area contributed by atoms with Gasteiger partial charge in [0, 0.05) is 12.7 Å². The Morgan fingerprint density at radius 2 is 2.53 bits per heavy atom. The van der Waals surface area contributed by atoms with Gasteiger partial charge in [-0.25, -0.2) is 0 Å². The quantitative estimate of drug-likeness (QED) is 0.758. The van der Waals surface area contributed by atoms with Crippen LogP contribution in [0.2, 0.25) is 0 Å². The van der Waals surface area contributed by atoms with Gasteiger partial charge in [-0.15, -0.1) is 0 Å². The second-order valence-corrected chi connectivity index (χ2v) is 3.77. The Morgan fingerprint density at radius 1 is 1.60 bits per heavy atom.